The van der Waals surface area contributed by atoms with Gasteiger partial charge >= 0.3 is 0 Å². The standard InChI is InChI=1S/C15H13Br2ClFN/c1-8-9(4-3-5-11(8)16)15(20-2)10-6-13(18)12(17)7-14(10)19/h3-7,15,20H,1-2H3. The summed E-state index contributed by atoms with van der Waals surface area (Å²) in [6.45, 7) is 2.00. The molecule has 0 amide bonds. The minimum atomic E-state index is -0.292. The van der Waals surface area contributed by atoms with Gasteiger partial charge in [0.25, 0.3) is 0 Å². The molecule has 1 N–H and O–H groups in total. The van der Waals surface area contributed by atoms with E-state index < -0.39 is 0 Å². The van der Waals surface area contributed by atoms with Crippen LogP contribution in [0.4, 0.5) is 4.39 Å². The van der Waals surface area contributed by atoms with Gasteiger partial charge in [-0.25, -0.2) is 4.39 Å². The van der Waals surface area contributed by atoms with Gasteiger partial charge in [0.2, 0.25) is 0 Å². The lowest BCUT2D eigenvalue weighted by molar-refractivity contribution is 0.574. The smallest absolute Gasteiger partial charge is 0.129 e. The summed E-state index contributed by atoms with van der Waals surface area (Å²) in [6, 6.07) is 8.69. The van der Waals surface area contributed by atoms with E-state index >= 15 is 0 Å². The van der Waals surface area contributed by atoms with Gasteiger partial charge in [0.05, 0.1) is 11.1 Å². The van der Waals surface area contributed by atoms with Gasteiger partial charge < -0.3 is 5.32 Å². The van der Waals surface area contributed by atoms with Crippen molar-refractivity contribution in [3.05, 3.63) is 66.8 Å². The number of hydrogen-bond acceptors (Lipinski definition) is 1. The van der Waals surface area contributed by atoms with Crippen LogP contribution in [0.1, 0.15) is 22.7 Å². The van der Waals surface area contributed by atoms with Crippen molar-refractivity contribution < 1.29 is 4.39 Å². The summed E-state index contributed by atoms with van der Waals surface area (Å²) in [5.41, 5.74) is 2.62. The Hall–Kier alpha value is -0.420. The summed E-state index contributed by atoms with van der Waals surface area (Å²) in [5.74, 6) is -0.292. The van der Waals surface area contributed by atoms with E-state index in [1.165, 1.54) is 6.07 Å². The van der Waals surface area contributed by atoms with Crippen molar-refractivity contribution in [2.24, 2.45) is 0 Å². The summed E-state index contributed by atoms with van der Waals surface area (Å²) >= 11 is 12.8. The number of rotatable bonds is 3. The lowest BCUT2D eigenvalue weighted by atomic mass is 9.95. The van der Waals surface area contributed by atoms with Crippen molar-refractivity contribution in [1.82, 2.24) is 5.32 Å². The first kappa shape index (κ1) is 16.0. The molecule has 20 heavy (non-hydrogen) atoms. The topological polar surface area (TPSA) is 12.0 Å². The molecule has 2 rings (SSSR count). The molecule has 0 aliphatic heterocycles. The molecule has 0 spiro atoms. The Morgan fingerprint density at radius 2 is 1.85 bits per heavy atom. The average molecular weight is 422 g/mol. The summed E-state index contributed by atoms with van der Waals surface area (Å²) in [6.07, 6.45) is 0. The molecular weight excluding hydrogens is 408 g/mol. The Kier molecular flexibility index (Phi) is 5.24. The third-order valence-electron chi connectivity index (χ3n) is 3.26. The summed E-state index contributed by atoms with van der Waals surface area (Å²) in [4.78, 5) is 0. The fourth-order valence-corrected chi connectivity index (χ4v) is 3.04. The zero-order valence-corrected chi connectivity index (χ0v) is 14.9. The van der Waals surface area contributed by atoms with Gasteiger partial charge in [-0.05, 0) is 59.2 Å². The van der Waals surface area contributed by atoms with E-state index in [1.807, 2.05) is 25.1 Å². The highest BCUT2D eigenvalue weighted by molar-refractivity contribution is 9.10. The molecule has 0 saturated carbocycles. The van der Waals surface area contributed by atoms with Gasteiger partial charge in [-0.1, -0.05) is 39.7 Å². The maximum Gasteiger partial charge on any atom is 0.129 e. The Morgan fingerprint density at radius 1 is 1.15 bits per heavy atom. The first-order valence-corrected chi connectivity index (χ1v) is 7.98. The molecule has 0 radical (unpaired) electrons. The van der Waals surface area contributed by atoms with E-state index in [2.05, 4.69) is 37.2 Å². The highest BCUT2D eigenvalue weighted by atomic mass is 79.9. The third-order valence-corrected chi connectivity index (χ3v) is 5.32. The molecule has 0 saturated heterocycles. The monoisotopic (exact) mass is 419 g/mol. The van der Waals surface area contributed by atoms with Crippen molar-refractivity contribution in [2.45, 2.75) is 13.0 Å². The quantitative estimate of drug-likeness (QED) is 0.634. The Bertz CT molecular complexity index is 646. The molecule has 1 atom stereocenters. The molecule has 5 heteroatoms. The van der Waals surface area contributed by atoms with Gasteiger partial charge in [0.15, 0.2) is 0 Å². The van der Waals surface area contributed by atoms with Crippen LogP contribution in [-0.2, 0) is 0 Å². The van der Waals surface area contributed by atoms with E-state index in [4.69, 9.17) is 11.6 Å². The van der Waals surface area contributed by atoms with Gasteiger partial charge in [0, 0.05) is 14.5 Å². The highest BCUT2D eigenvalue weighted by Gasteiger charge is 2.20. The van der Waals surface area contributed by atoms with Crippen molar-refractivity contribution in [3.8, 4) is 0 Å². The lowest BCUT2D eigenvalue weighted by Gasteiger charge is -2.21. The molecular formula is C15H13Br2ClFN. The second-order valence-electron chi connectivity index (χ2n) is 4.46. The number of benzene rings is 2. The lowest BCUT2D eigenvalue weighted by Crippen LogP contribution is -2.20. The maximum absolute atomic E-state index is 14.2. The van der Waals surface area contributed by atoms with Crippen LogP contribution in [0.2, 0.25) is 5.02 Å². The van der Waals surface area contributed by atoms with E-state index in [0.29, 0.717) is 15.1 Å². The van der Waals surface area contributed by atoms with E-state index in [0.717, 1.165) is 15.6 Å². The second-order valence-corrected chi connectivity index (χ2v) is 6.58. The van der Waals surface area contributed by atoms with Gasteiger partial charge in [-0.3, -0.25) is 0 Å². The number of hydrogen-bond donors (Lipinski definition) is 1. The van der Waals surface area contributed by atoms with Crippen molar-refractivity contribution in [3.63, 3.8) is 0 Å². The fraction of sp³-hybridized carbons (Fsp3) is 0.200. The summed E-state index contributed by atoms with van der Waals surface area (Å²) in [5, 5.41) is 3.65. The molecule has 0 aliphatic carbocycles. The zero-order valence-electron chi connectivity index (χ0n) is 11.0. The third kappa shape index (κ3) is 3.08. The zero-order chi connectivity index (χ0) is 14.9. The highest BCUT2D eigenvalue weighted by Crippen LogP contribution is 2.34. The van der Waals surface area contributed by atoms with Gasteiger partial charge in [-0.15, -0.1) is 0 Å². The van der Waals surface area contributed by atoms with E-state index in [-0.39, 0.29) is 11.9 Å². The summed E-state index contributed by atoms with van der Waals surface area (Å²) < 4.78 is 15.8. The molecule has 2 aromatic carbocycles. The fourth-order valence-electron chi connectivity index (χ4n) is 2.17. The number of halogens is 4. The molecule has 2 aromatic rings. The molecule has 106 valence electrons. The molecule has 0 heterocycles. The van der Waals surface area contributed by atoms with Crippen LogP contribution in [0.15, 0.2) is 39.3 Å². The van der Waals surface area contributed by atoms with Crippen LogP contribution in [-0.4, -0.2) is 7.05 Å². The molecule has 0 fully saturated rings. The molecule has 0 aliphatic rings. The van der Waals surface area contributed by atoms with Crippen LogP contribution in [0.25, 0.3) is 0 Å². The van der Waals surface area contributed by atoms with E-state index in [1.54, 1.807) is 13.1 Å². The molecule has 0 aromatic heterocycles. The summed E-state index contributed by atoms with van der Waals surface area (Å²) in [7, 11) is 1.81. The minimum absolute atomic E-state index is 0.252. The van der Waals surface area contributed by atoms with Gasteiger partial charge in [-0.2, -0.15) is 0 Å². The Balaban J connectivity index is 2.58. The predicted molar refractivity (Wildman–Crippen MR) is 88.9 cm³/mol. The SMILES string of the molecule is CNC(c1cc(Cl)c(Br)cc1F)c1cccc(Br)c1C. The van der Waals surface area contributed by atoms with Crippen LogP contribution in [0.3, 0.4) is 0 Å². The molecule has 1 unspecified atom stereocenters. The Morgan fingerprint density at radius 3 is 2.50 bits per heavy atom. The first-order valence-electron chi connectivity index (χ1n) is 6.02. The normalized spacial score (nSPS) is 12.5. The average Bonchev–Trinajstić information content (AvgIpc) is 2.41. The van der Waals surface area contributed by atoms with Crippen molar-refractivity contribution >= 4 is 43.5 Å². The minimum Gasteiger partial charge on any atom is -0.309 e. The van der Waals surface area contributed by atoms with Crippen molar-refractivity contribution in [2.75, 3.05) is 7.05 Å². The largest absolute Gasteiger partial charge is 0.309 e. The maximum atomic E-state index is 14.2. The van der Waals surface area contributed by atoms with Crippen molar-refractivity contribution in [1.29, 1.82) is 0 Å². The molecule has 0 bridgehead atoms. The van der Waals surface area contributed by atoms with Crippen LogP contribution < -0.4 is 5.32 Å². The molecule has 1 nitrogen and oxygen atoms in total. The van der Waals surface area contributed by atoms with E-state index in [9.17, 15) is 4.39 Å². The Labute approximate surface area is 139 Å². The van der Waals surface area contributed by atoms with Crippen LogP contribution in [0.5, 0.6) is 0 Å². The second kappa shape index (κ2) is 6.56. The van der Waals surface area contributed by atoms with Crippen LogP contribution >= 0.6 is 43.5 Å². The van der Waals surface area contributed by atoms with Gasteiger partial charge in [0.1, 0.15) is 5.82 Å². The van der Waals surface area contributed by atoms with Crippen LogP contribution in [0, 0.1) is 12.7 Å². The first-order chi connectivity index (χ1) is 9.45. The number of nitrogens with one attached hydrogen (secondary N) is 1. The predicted octanol–water partition coefficient (Wildman–Crippen LogP) is 5.62.